The number of hydrogen-bond acceptors (Lipinski definition) is 1. The van der Waals surface area contributed by atoms with Crippen molar-refractivity contribution in [2.75, 3.05) is 13.1 Å². The molecule has 2 atom stereocenters. The minimum atomic E-state index is 0.832. The number of aryl methyl sites for hydroxylation is 1. The molecule has 2 heterocycles. The highest BCUT2D eigenvalue weighted by molar-refractivity contribution is 5.81. The number of benzene rings is 1. The Labute approximate surface area is 116 Å². The van der Waals surface area contributed by atoms with Crippen molar-refractivity contribution >= 4 is 10.9 Å². The van der Waals surface area contributed by atoms with Gasteiger partial charge in [-0.2, -0.15) is 0 Å². The Kier molecular flexibility index (Phi) is 3.36. The van der Waals surface area contributed by atoms with Crippen molar-refractivity contribution in [3.05, 3.63) is 36.0 Å². The lowest BCUT2D eigenvalue weighted by Gasteiger charge is -2.34. The lowest BCUT2D eigenvalue weighted by atomic mass is 9.92. The fourth-order valence-electron chi connectivity index (χ4n) is 3.65. The largest absolute Gasteiger partial charge is 0.346 e. The second-order valence-electron chi connectivity index (χ2n) is 6.39. The van der Waals surface area contributed by atoms with Gasteiger partial charge in [0.05, 0.1) is 0 Å². The third-order valence-corrected chi connectivity index (χ3v) is 4.38. The van der Waals surface area contributed by atoms with E-state index in [0.717, 1.165) is 18.4 Å². The van der Waals surface area contributed by atoms with E-state index in [0.29, 0.717) is 0 Å². The topological polar surface area (TPSA) is 8.17 Å². The Morgan fingerprint density at radius 3 is 2.47 bits per heavy atom. The molecule has 2 aromatic rings. The van der Waals surface area contributed by atoms with Gasteiger partial charge in [0.2, 0.25) is 0 Å². The summed E-state index contributed by atoms with van der Waals surface area (Å²) in [5.41, 5.74) is 2.78. The van der Waals surface area contributed by atoms with Gasteiger partial charge in [-0.25, -0.2) is 0 Å². The third kappa shape index (κ3) is 2.55. The van der Waals surface area contributed by atoms with Crippen LogP contribution in [0.5, 0.6) is 0 Å². The minimum Gasteiger partial charge on any atom is -0.346 e. The van der Waals surface area contributed by atoms with Crippen molar-refractivity contribution in [2.24, 2.45) is 18.9 Å². The van der Waals surface area contributed by atoms with Crippen LogP contribution in [0.2, 0.25) is 0 Å². The van der Waals surface area contributed by atoms with Gasteiger partial charge in [-0.1, -0.05) is 32.0 Å². The molecule has 0 N–H and O–H groups in total. The zero-order valence-electron chi connectivity index (χ0n) is 12.3. The van der Waals surface area contributed by atoms with Gasteiger partial charge in [0.15, 0.2) is 0 Å². The highest BCUT2D eigenvalue weighted by Crippen LogP contribution is 2.24. The molecule has 1 aromatic heterocycles. The molecule has 19 heavy (non-hydrogen) atoms. The van der Waals surface area contributed by atoms with E-state index in [1.807, 2.05) is 0 Å². The lowest BCUT2D eigenvalue weighted by molar-refractivity contribution is 0.132. The molecule has 1 aliphatic heterocycles. The molecule has 0 spiro atoms. The molecule has 1 aromatic carbocycles. The average molecular weight is 256 g/mol. The summed E-state index contributed by atoms with van der Waals surface area (Å²) in [4.78, 5) is 2.62. The first-order chi connectivity index (χ1) is 9.13. The number of aromatic nitrogens is 1. The highest BCUT2D eigenvalue weighted by Gasteiger charge is 2.22. The normalized spacial score (nSPS) is 25.0. The molecule has 1 saturated heterocycles. The second kappa shape index (κ2) is 5.01. The van der Waals surface area contributed by atoms with Crippen LogP contribution in [0.15, 0.2) is 30.3 Å². The maximum absolute atomic E-state index is 2.62. The van der Waals surface area contributed by atoms with Gasteiger partial charge < -0.3 is 4.57 Å². The van der Waals surface area contributed by atoms with Crippen molar-refractivity contribution in [1.29, 1.82) is 0 Å². The van der Waals surface area contributed by atoms with Crippen LogP contribution in [-0.4, -0.2) is 22.6 Å². The maximum Gasteiger partial charge on any atom is 0.0480 e. The summed E-state index contributed by atoms with van der Waals surface area (Å²) in [5, 5.41) is 1.36. The van der Waals surface area contributed by atoms with Crippen molar-refractivity contribution < 1.29 is 0 Å². The molecular formula is C17H24N2. The number of nitrogens with zero attached hydrogens (tertiary/aromatic N) is 2. The van der Waals surface area contributed by atoms with Gasteiger partial charge in [-0.3, -0.25) is 4.90 Å². The minimum absolute atomic E-state index is 0.832. The van der Waals surface area contributed by atoms with E-state index in [1.54, 1.807) is 0 Å². The fourth-order valence-corrected chi connectivity index (χ4v) is 3.65. The van der Waals surface area contributed by atoms with Gasteiger partial charge in [0, 0.05) is 37.9 Å². The van der Waals surface area contributed by atoms with E-state index in [2.05, 4.69) is 60.7 Å². The number of piperidine rings is 1. The molecule has 1 aliphatic rings. The van der Waals surface area contributed by atoms with Crippen LogP contribution in [0.1, 0.15) is 26.0 Å². The van der Waals surface area contributed by atoms with Crippen molar-refractivity contribution in [3.63, 3.8) is 0 Å². The van der Waals surface area contributed by atoms with E-state index >= 15 is 0 Å². The molecule has 0 bridgehead atoms. The van der Waals surface area contributed by atoms with E-state index < -0.39 is 0 Å². The Morgan fingerprint density at radius 2 is 1.79 bits per heavy atom. The molecule has 2 unspecified atom stereocenters. The SMILES string of the molecule is CC1CC(C)CN(Cc2cc3ccccc3n2C)C1. The van der Waals surface area contributed by atoms with Crippen molar-refractivity contribution in [2.45, 2.75) is 26.8 Å². The van der Waals surface area contributed by atoms with Crippen LogP contribution in [0.3, 0.4) is 0 Å². The molecule has 0 radical (unpaired) electrons. The maximum atomic E-state index is 2.62. The molecule has 0 amide bonds. The van der Waals surface area contributed by atoms with E-state index in [1.165, 1.54) is 36.1 Å². The summed E-state index contributed by atoms with van der Waals surface area (Å²) in [6.07, 6.45) is 1.38. The second-order valence-corrected chi connectivity index (χ2v) is 6.39. The summed E-state index contributed by atoms with van der Waals surface area (Å²) >= 11 is 0. The Hall–Kier alpha value is -1.28. The fraction of sp³-hybridized carbons (Fsp3) is 0.529. The number of fused-ring (bicyclic) bond motifs is 1. The smallest absolute Gasteiger partial charge is 0.0480 e. The highest BCUT2D eigenvalue weighted by atomic mass is 15.2. The predicted molar refractivity (Wildman–Crippen MR) is 81.1 cm³/mol. The molecule has 2 heteroatoms. The zero-order chi connectivity index (χ0) is 13.4. The Balaban J connectivity index is 1.83. The molecule has 0 aliphatic carbocycles. The molecular weight excluding hydrogens is 232 g/mol. The number of likely N-dealkylation sites (tertiary alicyclic amines) is 1. The standard InChI is InChI=1S/C17H24N2/c1-13-8-14(2)11-19(10-13)12-16-9-15-6-4-5-7-17(15)18(16)3/h4-7,9,13-14H,8,10-12H2,1-3H3. The summed E-state index contributed by atoms with van der Waals surface area (Å²) < 4.78 is 2.35. The first kappa shape index (κ1) is 12.7. The van der Waals surface area contributed by atoms with Crippen LogP contribution in [0.25, 0.3) is 10.9 Å². The van der Waals surface area contributed by atoms with Crippen LogP contribution >= 0.6 is 0 Å². The number of rotatable bonds is 2. The summed E-state index contributed by atoms with van der Waals surface area (Å²) in [5.74, 6) is 1.66. The first-order valence-electron chi connectivity index (χ1n) is 7.39. The molecule has 3 rings (SSSR count). The summed E-state index contributed by atoms with van der Waals surface area (Å²) in [6, 6.07) is 11.0. The summed E-state index contributed by atoms with van der Waals surface area (Å²) in [6.45, 7) is 8.33. The molecule has 0 saturated carbocycles. The van der Waals surface area contributed by atoms with Gasteiger partial charge in [-0.15, -0.1) is 0 Å². The lowest BCUT2D eigenvalue weighted by Crippen LogP contribution is -2.38. The first-order valence-corrected chi connectivity index (χ1v) is 7.39. The third-order valence-electron chi connectivity index (χ3n) is 4.38. The molecule has 1 fully saturated rings. The van der Waals surface area contributed by atoms with Crippen LogP contribution in [0.4, 0.5) is 0 Å². The van der Waals surface area contributed by atoms with Gasteiger partial charge in [-0.05, 0) is 35.8 Å². The molecule has 2 nitrogen and oxygen atoms in total. The monoisotopic (exact) mass is 256 g/mol. The number of para-hydroxylation sites is 1. The molecule has 102 valence electrons. The Morgan fingerprint density at radius 1 is 1.11 bits per heavy atom. The van der Waals surface area contributed by atoms with Gasteiger partial charge >= 0.3 is 0 Å². The summed E-state index contributed by atoms with van der Waals surface area (Å²) in [7, 11) is 2.19. The van der Waals surface area contributed by atoms with Gasteiger partial charge in [0.1, 0.15) is 0 Å². The van der Waals surface area contributed by atoms with Crippen molar-refractivity contribution in [3.8, 4) is 0 Å². The zero-order valence-corrected chi connectivity index (χ0v) is 12.3. The van der Waals surface area contributed by atoms with Crippen molar-refractivity contribution in [1.82, 2.24) is 9.47 Å². The Bertz CT molecular complexity index is 560. The average Bonchev–Trinajstić information content (AvgIpc) is 2.66. The van der Waals surface area contributed by atoms with E-state index in [9.17, 15) is 0 Å². The van der Waals surface area contributed by atoms with Crippen LogP contribution < -0.4 is 0 Å². The quantitative estimate of drug-likeness (QED) is 0.796. The predicted octanol–water partition coefficient (Wildman–Crippen LogP) is 3.66. The van der Waals surface area contributed by atoms with Crippen LogP contribution in [-0.2, 0) is 13.6 Å². The van der Waals surface area contributed by atoms with Crippen LogP contribution in [0, 0.1) is 11.8 Å². The van der Waals surface area contributed by atoms with E-state index in [-0.39, 0.29) is 0 Å². The van der Waals surface area contributed by atoms with Gasteiger partial charge in [0.25, 0.3) is 0 Å². The number of hydrogen-bond donors (Lipinski definition) is 0. The van der Waals surface area contributed by atoms with E-state index in [4.69, 9.17) is 0 Å².